The molecule has 1 aromatic carbocycles. The van der Waals surface area contributed by atoms with Gasteiger partial charge in [-0.15, -0.1) is 0 Å². The number of nitrogens with zero attached hydrogens (tertiary/aromatic N) is 4. The van der Waals surface area contributed by atoms with Crippen molar-refractivity contribution in [3.63, 3.8) is 0 Å². The Bertz CT molecular complexity index is 939. The fourth-order valence-corrected chi connectivity index (χ4v) is 3.12. The molecule has 3 rings (SSSR count). The van der Waals surface area contributed by atoms with Crippen LogP contribution >= 0.6 is 0 Å². The maximum absolute atomic E-state index is 5.61. The first-order chi connectivity index (χ1) is 14.0. The standard InChI is InChI=1S/C22H30N6O/c1-16-6-8-19(9-7-16)21-26-20(15-29-21)10-12-25-22(23-4)24-11-5-13-28-18(3)14-17(2)27-28/h6-9,14-15H,5,10-13H2,1-4H3,(H2,23,24,25). The number of nitrogens with one attached hydrogen (secondary N) is 2. The number of aromatic nitrogens is 3. The number of benzene rings is 1. The summed E-state index contributed by atoms with van der Waals surface area (Å²) in [4.78, 5) is 8.85. The van der Waals surface area contributed by atoms with Crippen LogP contribution in [0, 0.1) is 20.8 Å². The Morgan fingerprint density at radius 1 is 1.10 bits per heavy atom. The second-order valence-corrected chi connectivity index (χ2v) is 7.19. The van der Waals surface area contributed by atoms with Crippen LogP contribution < -0.4 is 10.6 Å². The summed E-state index contributed by atoms with van der Waals surface area (Å²) in [6.45, 7) is 8.63. The van der Waals surface area contributed by atoms with Gasteiger partial charge in [0.2, 0.25) is 5.89 Å². The van der Waals surface area contributed by atoms with Gasteiger partial charge in [-0.3, -0.25) is 9.67 Å². The number of rotatable bonds is 8. The lowest BCUT2D eigenvalue weighted by Crippen LogP contribution is -2.39. The molecule has 0 amide bonds. The fraction of sp³-hybridized carbons (Fsp3) is 0.409. The molecular weight excluding hydrogens is 364 g/mol. The van der Waals surface area contributed by atoms with Gasteiger partial charge in [0.15, 0.2) is 5.96 Å². The summed E-state index contributed by atoms with van der Waals surface area (Å²) in [6, 6.07) is 10.3. The lowest BCUT2D eigenvalue weighted by molar-refractivity contribution is 0.555. The van der Waals surface area contributed by atoms with Crippen LogP contribution in [0.2, 0.25) is 0 Å². The molecule has 0 aliphatic carbocycles. The van der Waals surface area contributed by atoms with Gasteiger partial charge in [0, 0.05) is 44.4 Å². The summed E-state index contributed by atoms with van der Waals surface area (Å²) in [7, 11) is 1.78. The Labute approximate surface area is 172 Å². The zero-order valence-corrected chi connectivity index (χ0v) is 17.7. The third kappa shape index (κ3) is 5.94. The van der Waals surface area contributed by atoms with Crippen molar-refractivity contribution in [2.45, 2.75) is 40.2 Å². The molecule has 0 saturated heterocycles. The van der Waals surface area contributed by atoms with Crippen LogP contribution in [0.1, 0.15) is 29.1 Å². The average molecular weight is 395 g/mol. The van der Waals surface area contributed by atoms with Crippen molar-refractivity contribution in [3.8, 4) is 11.5 Å². The molecule has 0 spiro atoms. The van der Waals surface area contributed by atoms with E-state index in [-0.39, 0.29) is 0 Å². The fourth-order valence-electron chi connectivity index (χ4n) is 3.12. The van der Waals surface area contributed by atoms with Gasteiger partial charge in [0.25, 0.3) is 0 Å². The summed E-state index contributed by atoms with van der Waals surface area (Å²) < 4.78 is 7.66. The van der Waals surface area contributed by atoms with Crippen LogP contribution in [0.4, 0.5) is 0 Å². The minimum Gasteiger partial charge on any atom is -0.444 e. The molecule has 2 aromatic heterocycles. The molecule has 29 heavy (non-hydrogen) atoms. The monoisotopic (exact) mass is 394 g/mol. The Morgan fingerprint density at radius 3 is 2.55 bits per heavy atom. The first-order valence-corrected chi connectivity index (χ1v) is 10.0. The molecule has 0 aliphatic heterocycles. The first kappa shape index (κ1) is 20.6. The highest BCUT2D eigenvalue weighted by Crippen LogP contribution is 2.19. The third-order valence-electron chi connectivity index (χ3n) is 4.69. The Balaban J connectivity index is 1.38. The molecule has 7 nitrogen and oxygen atoms in total. The van der Waals surface area contributed by atoms with Gasteiger partial charge >= 0.3 is 0 Å². The number of guanidine groups is 1. The first-order valence-electron chi connectivity index (χ1n) is 10.0. The molecule has 0 atom stereocenters. The van der Waals surface area contributed by atoms with E-state index in [1.807, 2.05) is 23.7 Å². The van der Waals surface area contributed by atoms with Crippen molar-refractivity contribution in [1.29, 1.82) is 0 Å². The van der Waals surface area contributed by atoms with Gasteiger partial charge in [0.1, 0.15) is 6.26 Å². The summed E-state index contributed by atoms with van der Waals surface area (Å²) >= 11 is 0. The second kappa shape index (κ2) is 9.91. The summed E-state index contributed by atoms with van der Waals surface area (Å²) in [6.07, 6.45) is 3.47. The second-order valence-electron chi connectivity index (χ2n) is 7.19. The zero-order chi connectivity index (χ0) is 20.6. The SMILES string of the molecule is CN=C(NCCCn1nc(C)cc1C)NCCc1coc(-c2ccc(C)cc2)n1. The van der Waals surface area contributed by atoms with Crippen molar-refractivity contribution in [3.05, 3.63) is 59.2 Å². The smallest absolute Gasteiger partial charge is 0.226 e. The topological polar surface area (TPSA) is 80.3 Å². The maximum atomic E-state index is 5.61. The Hall–Kier alpha value is -3.09. The Kier molecular flexibility index (Phi) is 7.05. The number of hydrogen-bond acceptors (Lipinski definition) is 4. The van der Waals surface area contributed by atoms with Gasteiger partial charge < -0.3 is 15.1 Å². The minimum absolute atomic E-state index is 0.659. The molecule has 7 heteroatoms. The largest absolute Gasteiger partial charge is 0.444 e. The molecule has 154 valence electrons. The van der Waals surface area contributed by atoms with E-state index in [0.717, 1.165) is 55.4 Å². The zero-order valence-electron chi connectivity index (χ0n) is 17.7. The van der Waals surface area contributed by atoms with E-state index in [2.05, 4.69) is 57.8 Å². The highest BCUT2D eigenvalue weighted by molar-refractivity contribution is 5.79. The van der Waals surface area contributed by atoms with Gasteiger partial charge in [-0.05, 0) is 45.4 Å². The summed E-state index contributed by atoms with van der Waals surface area (Å²) in [5, 5.41) is 11.2. The quantitative estimate of drug-likeness (QED) is 0.348. The van der Waals surface area contributed by atoms with E-state index in [1.165, 1.54) is 11.3 Å². The van der Waals surface area contributed by atoms with Crippen molar-refractivity contribution in [2.24, 2.45) is 4.99 Å². The predicted molar refractivity (Wildman–Crippen MR) is 116 cm³/mol. The molecule has 0 unspecified atom stereocenters. The molecular formula is C22H30N6O. The molecule has 0 aliphatic rings. The average Bonchev–Trinajstić information content (AvgIpc) is 3.30. The molecule has 2 N–H and O–H groups in total. The highest BCUT2D eigenvalue weighted by Gasteiger charge is 2.07. The number of aliphatic imine (C=N–C) groups is 1. The molecule has 3 aromatic rings. The van der Waals surface area contributed by atoms with Gasteiger partial charge in [-0.2, -0.15) is 5.10 Å². The lowest BCUT2D eigenvalue weighted by atomic mass is 10.1. The van der Waals surface area contributed by atoms with Gasteiger partial charge in [-0.1, -0.05) is 17.7 Å². The van der Waals surface area contributed by atoms with Gasteiger partial charge in [-0.25, -0.2) is 4.98 Å². The Morgan fingerprint density at radius 2 is 1.86 bits per heavy atom. The number of oxazole rings is 1. The third-order valence-corrected chi connectivity index (χ3v) is 4.69. The van der Waals surface area contributed by atoms with Gasteiger partial charge in [0.05, 0.1) is 11.4 Å². The highest BCUT2D eigenvalue weighted by atomic mass is 16.3. The van der Waals surface area contributed by atoms with Crippen LogP contribution in [-0.2, 0) is 13.0 Å². The van der Waals surface area contributed by atoms with Crippen LogP contribution in [0.3, 0.4) is 0 Å². The van der Waals surface area contributed by atoms with E-state index < -0.39 is 0 Å². The van der Waals surface area contributed by atoms with Crippen LogP contribution in [0.25, 0.3) is 11.5 Å². The number of aryl methyl sites for hydroxylation is 4. The van der Waals surface area contributed by atoms with E-state index in [1.54, 1.807) is 13.3 Å². The van der Waals surface area contributed by atoms with Crippen molar-refractivity contribution in [2.75, 3.05) is 20.1 Å². The number of hydrogen-bond donors (Lipinski definition) is 2. The van der Waals surface area contributed by atoms with E-state index in [0.29, 0.717) is 5.89 Å². The summed E-state index contributed by atoms with van der Waals surface area (Å²) in [5.74, 6) is 1.45. The van der Waals surface area contributed by atoms with Crippen molar-refractivity contribution < 1.29 is 4.42 Å². The van der Waals surface area contributed by atoms with Crippen LogP contribution in [-0.4, -0.2) is 40.9 Å². The molecule has 0 saturated carbocycles. The molecule has 0 bridgehead atoms. The molecule has 0 radical (unpaired) electrons. The minimum atomic E-state index is 0.659. The predicted octanol–water partition coefficient (Wildman–Crippen LogP) is 3.26. The van der Waals surface area contributed by atoms with E-state index >= 15 is 0 Å². The van der Waals surface area contributed by atoms with Crippen LogP contribution in [0.5, 0.6) is 0 Å². The summed E-state index contributed by atoms with van der Waals surface area (Å²) in [5.41, 5.74) is 5.40. The molecule has 0 fully saturated rings. The molecule has 2 heterocycles. The maximum Gasteiger partial charge on any atom is 0.226 e. The normalized spacial score (nSPS) is 11.7. The van der Waals surface area contributed by atoms with Crippen LogP contribution in [0.15, 0.2) is 46.0 Å². The van der Waals surface area contributed by atoms with Crippen molar-refractivity contribution >= 4 is 5.96 Å². The lowest BCUT2D eigenvalue weighted by Gasteiger charge is -2.11. The van der Waals surface area contributed by atoms with Crippen molar-refractivity contribution in [1.82, 2.24) is 25.4 Å². The van der Waals surface area contributed by atoms with E-state index in [9.17, 15) is 0 Å². The van der Waals surface area contributed by atoms with E-state index in [4.69, 9.17) is 4.42 Å².